The first-order chi connectivity index (χ1) is 10.1. The van der Waals surface area contributed by atoms with Gasteiger partial charge in [0, 0.05) is 5.56 Å². The summed E-state index contributed by atoms with van der Waals surface area (Å²) < 4.78 is 5.06. The van der Waals surface area contributed by atoms with Crippen molar-refractivity contribution in [3.8, 4) is 11.8 Å². The number of halogens is 2. The molecule has 0 spiro atoms. The summed E-state index contributed by atoms with van der Waals surface area (Å²) in [6.45, 7) is 0. The Kier molecular flexibility index (Phi) is 4.85. The predicted molar refractivity (Wildman–Crippen MR) is 82.1 cm³/mol. The van der Waals surface area contributed by atoms with Crippen molar-refractivity contribution in [2.24, 2.45) is 0 Å². The number of hydrogen-bond donors (Lipinski definition) is 0. The van der Waals surface area contributed by atoms with Crippen LogP contribution in [0.25, 0.3) is 0 Å². The minimum absolute atomic E-state index is 0.286. The highest BCUT2D eigenvalue weighted by Crippen LogP contribution is 2.27. The SMILES string of the molecule is COc1ccc(C(C#N)C(=O)c2ccc(Cl)c(Cl)c2)cc1. The zero-order chi connectivity index (χ0) is 15.4. The minimum Gasteiger partial charge on any atom is -0.497 e. The number of rotatable bonds is 4. The molecule has 0 saturated heterocycles. The van der Waals surface area contributed by atoms with E-state index in [0.717, 1.165) is 0 Å². The number of benzene rings is 2. The van der Waals surface area contributed by atoms with Gasteiger partial charge < -0.3 is 4.74 Å². The molecule has 2 rings (SSSR count). The van der Waals surface area contributed by atoms with Gasteiger partial charge in [0.1, 0.15) is 11.7 Å². The van der Waals surface area contributed by atoms with Crippen LogP contribution in [0.2, 0.25) is 10.0 Å². The molecule has 0 radical (unpaired) electrons. The highest BCUT2D eigenvalue weighted by atomic mass is 35.5. The summed E-state index contributed by atoms with van der Waals surface area (Å²) in [7, 11) is 1.55. The summed E-state index contributed by atoms with van der Waals surface area (Å²) in [4.78, 5) is 12.4. The minimum atomic E-state index is -0.895. The third-order valence-electron chi connectivity index (χ3n) is 3.04. The Hall–Kier alpha value is -2.02. The van der Waals surface area contributed by atoms with Crippen molar-refractivity contribution >= 4 is 29.0 Å². The first-order valence-electron chi connectivity index (χ1n) is 6.09. The number of ether oxygens (including phenoxy) is 1. The molecule has 0 aromatic heterocycles. The molecule has 0 aliphatic carbocycles. The van der Waals surface area contributed by atoms with Crippen molar-refractivity contribution in [1.29, 1.82) is 5.26 Å². The van der Waals surface area contributed by atoms with Gasteiger partial charge in [-0.3, -0.25) is 4.79 Å². The maximum absolute atomic E-state index is 12.4. The molecular weight excluding hydrogens is 309 g/mol. The molecule has 0 aliphatic heterocycles. The lowest BCUT2D eigenvalue weighted by Gasteiger charge is -2.10. The van der Waals surface area contributed by atoms with Crippen molar-refractivity contribution in [3.63, 3.8) is 0 Å². The van der Waals surface area contributed by atoms with Crippen molar-refractivity contribution in [1.82, 2.24) is 0 Å². The van der Waals surface area contributed by atoms with Crippen molar-refractivity contribution < 1.29 is 9.53 Å². The zero-order valence-electron chi connectivity index (χ0n) is 11.1. The van der Waals surface area contributed by atoms with E-state index in [2.05, 4.69) is 0 Å². The van der Waals surface area contributed by atoms with Gasteiger partial charge in [-0.15, -0.1) is 0 Å². The Bertz CT molecular complexity index is 705. The number of nitrogens with zero attached hydrogens (tertiary/aromatic N) is 1. The Balaban J connectivity index is 2.33. The van der Waals surface area contributed by atoms with Crippen LogP contribution in [0.1, 0.15) is 21.8 Å². The molecule has 0 heterocycles. The number of Topliss-reactive ketones (excluding diaryl/α,β-unsaturated/α-hetero) is 1. The van der Waals surface area contributed by atoms with E-state index in [1.165, 1.54) is 6.07 Å². The quantitative estimate of drug-likeness (QED) is 0.780. The van der Waals surface area contributed by atoms with Gasteiger partial charge in [0.2, 0.25) is 0 Å². The topological polar surface area (TPSA) is 50.1 Å². The van der Waals surface area contributed by atoms with Crippen molar-refractivity contribution in [2.45, 2.75) is 5.92 Å². The number of nitriles is 1. The second kappa shape index (κ2) is 6.62. The second-order valence-corrected chi connectivity index (χ2v) is 5.14. The zero-order valence-corrected chi connectivity index (χ0v) is 12.7. The summed E-state index contributed by atoms with van der Waals surface area (Å²) in [5.74, 6) is -0.549. The molecule has 1 unspecified atom stereocenters. The van der Waals surface area contributed by atoms with E-state index in [-0.39, 0.29) is 10.8 Å². The Morgan fingerprint density at radius 3 is 2.33 bits per heavy atom. The van der Waals surface area contributed by atoms with E-state index in [1.807, 2.05) is 6.07 Å². The molecule has 2 aromatic rings. The summed E-state index contributed by atoms with van der Waals surface area (Å²) >= 11 is 11.7. The largest absolute Gasteiger partial charge is 0.497 e. The van der Waals surface area contributed by atoms with Crippen LogP contribution < -0.4 is 4.74 Å². The lowest BCUT2D eigenvalue weighted by molar-refractivity contribution is 0.0979. The van der Waals surface area contributed by atoms with Gasteiger partial charge in [-0.2, -0.15) is 5.26 Å². The van der Waals surface area contributed by atoms with E-state index < -0.39 is 5.92 Å². The lowest BCUT2D eigenvalue weighted by Crippen LogP contribution is -2.11. The molecular formula is C16H11Cl2NO2. The maximum atomic E-state index is 12.4. The van der Waals surface area contributed by atoms with Gasteiger partial charge in [0.25, 0.3) is 0 Å². The Morgan fingerprint density at radius 1 is 1.14 bits per heavy atom. The molecule has 5 heteroatoms. The highest BCUT2D eigenvalue weighted by molar-refractivity contribution is 6.42. The molecule has 0 saturated carbocycles. The van der Waals surface area contributed by atoms with Gasteiger partial charge in [0.15, 0.2) is 5.78 Å². The summed E-state index contributed by atoms with van der Waals surface area (Å²) in [6.07, 6.45) is 0. The van der Waals surface area contributed by atoms with E-state index in [0.29, 0.717) is 21.9 Å². The van der Waals surface area contributed by atoms with Crippen molar-refractivity contribution in [3.05, 3.63) is 63.6 Å². The molecule has 0 fully saturated rings. The first-order valence-corrected chi connectivity index (χ1v) is 6.85. The monoisotopic (exact) mass is 319 g/mol. The van der Waals surface area contributed by atoms with E-state index in [1.54, 1.807) is 43.5 Å². The van der Waals surface area contributed by atoms with Crippen LogP contribution in [-0.4, -0.2) is 12.9 Å². The first kappa shape index (κ1) is 15.4. The van der Waals surface area contributed by atoms with Gasteiger partial charge in [-0.1, -0.05) is 35.3 Å². The molecule has 0 N–H and O–H groups in total. The number of hydrogen-bond acceptors (Lipinski definition) is 3. The maximum Gasteiger partial charge on any atom is 0.184 e. The highest BCUT2D eigenvalue weighted by Gasteiger charge is 2.22. The van der Waals surface area contributed by atoms with E-state index in [4.69, 9.17) is 27.9 Å². The molecule has 0 aliphatic rings. The number of methoxy groups -OCH3 is 1. The van der Waals surface area contributed by atoms with Crippen LogP contribution in [0.3, 0.4) is 0 Å². The van der Waals surface area contributed by atoms with Crippen LogP contribution in [0.5, 0.6) is 5.75 Å². The normalized spacial score (nSPS) is 11.5. The molecule has 0 bridgehead atoms. The van der Waals surface area contributed by atoms with E-state index in [9.17, 15) is 10.1 Å². The van der Waals surface area contributed by atoms with Crippen LogP contribution in [-0.2, 0) is 0 Å². The fourth-order valence-electron chi connectivity index (χ4n) is 1.90. The fourth-order valence-corrected chi connectivity index (χ4v) is 2.20. The van der Waals surface area contributed by atoms with Gasteiger partial charge >= 0.3 is 0 Å². The number of carbonyl (C=O) groups excluding carboxylic acids is 1. The van der Waals surface area contributed by atoms with Gasteiger partial charge in [0.05, 0.1) is 23.2 Å². The summed E-state index contributed by atoms with van der Waals surface area (Å²) in [5, 5.41) is 9.95. The summed E-state index contributed by atoms with van der Waals surface area (Å²) in [5.41, 5.74) is 0.959. The number of ketones is 1. The molecule has 21 heavy (non-hydrogen) atoms. The van der Waals surface area contributed by atoms with Crippen LogP contribution >= 0.6 is 23.2 Å². The molecule has 106 valence electrons. The second-order valence-electron chi connectivity index (χ2n) is 4.33. The van der Waals surface area contributed by atoms with Crippen LogP contribution in [0.15, 0.2) is 42.5 Å². The predicted octanol–water partition coefficient (Wildman–Crippen LogP) is 4.49. The lowest BCUT2D eigenvalue weighted by atomic mass is 9.92. The molecule has 2 aromatic carbocycles. The number of carbonyl (C=O) groups is 1. The molecule has 1 atom stereocenters. The summed E-state index contributed by atoms with van der Waals surface area (Å²) in [6, 6.07) is 13.4. The van der Waals surface area contributed by atoms with E-state index >= 15 is 0 Å². The average molecular weight is 320 g/mol. The third-order valence-corrected chi connectivity index (χ3v) is 3.78. The average Bonchev–Trinajstić information content (AvgIpc) is 2.51. The fraction of sp³-hybridized carbons (Fsp3) is 0.125. The van der Waals surface area contributed by atoms with Gasteiger partial charge in [-0.05, 0) is 35.9 Å². The van der Waals surface area contributed by atoms with Crippen molar-refractivity contribution in [2.75, 3.05) is 7.11 Å². The standard InChI is InChI=1S/C16H11Cl2NO2/c1-21-12-5-2-10(3-6-12)13(9-19)16(20)11-4-7-14(17)15(18)8-11/h2-8,13H,1H3. The smallest absolute Gasteiger partial charge is 0.184 e. The van der Waals surface area contributed by atoms with Gasteiger partial charge in [-0.25, -0.2) is 0 Å². The Morgan fingerprint density at radius 2 is 1.81 bits per heavy atom. The van der Waals surface area contributed by atoms with Crippen LogP contribution in [0.4, 0.5) is 0 Å². The Labute approximate surface area is 132 Å². The molecule has 3 nitrogen and oxygen atoms in total. The third kappa shape index (κ3) is 3.36. The molecule has 0 amide bonds. The van der Waals surface area contributed by atoms with Crippen LogP contribution in [0, 0.1) is 11.3 Å².